The lowest BCUT2D eigenvalue weighted by atomic mass is 10.0. The maximum atomic E-state index is 13.2. The molecule has 2 nitrogen and oxygen atoms in total. The van der Waals surface area contributed by atoms with Crippen LogP contribution in [0.5, 0.6) is 0 Å². The van der Waals surface area contributed by atoms with Crippen LogP contribution in [0.2, 0.25) is 0 Å². The molecular weight excluding hydrogens is 241 g/mol. The smallest absolute Gasteiger partial charge is 0.123 e. The predicted octanol–water partition coefficient (Wildman–Crippen LogP) is 3.21. The number of hydrogen-bond donors (Lipinski definition) is 2. The van der Waals surface area contributed by atoms with Gasteiger partial charge in [-0.15, -0.1) is 0 Å². The molecule has 0 heterocycles. The van der Waals surface area contributed by atoms with Crippen molar-refractivity contribution in [1.82, 2.24) is 5.32 Å². The van der Waals surface area contributed by atoms with E-state index in [0.717, 1.165) is 11.1 Å². The number of aliphatic hydroxyl groups is 1. The summed E-state index contributed by atoms with van der Waals surface area (Å²) in [6.45, 7) is 1.96. The Morgan fingerprint density at radius 3 is 2.37 bits per heavy atom. The molecule has 2 N–H and O–H groups in total. The van der Waals surface area contributed by atoms with Crippen molar-refractivity contribution in [3.8, 4) is 0 Å². The molecule has 2 unspecified atom stereocenters. The summed E-state index contributed by atoms with van der Waals surface area (Å²) < 4.78 is 13.2. The second-order valence-electron chi connectivity index (χ2n) is 4.59. The number of rotatable bonds is 5. The number of nitrogens with one attached hydrogen (secondary N) is 1. The highest BCUT2D eigenvalue weighted by atomic mass is 19.1. The summed E-state index contributed by atoms with van der Waals surface area (Å²) in [6, 6.07) is 16.1. The molecule has 0 aliphatic carbocycles. The van der Waals surface area contributed by atoms with Crippen LogP contribution in [0, 0.1) is 5.82 Å². The number of halogens is 1. The SMILES string of the molecule is CC(NC(CO)c1ccccc1)c1cccc(F)c1. The predicted molar refractivity (Wildman–Crippen MR) is 74.2 cm³/mol. The van der Waals surface area contributed by atoms with Crippen molar-refractivity contribution in [2.45, 2.75) is 19.0 Å². The van der Waals surface area contributed by atoms with Crippen molar-refractivity contribution >= 4 is 0 Å². The van der Waals surface area contributed by atoms with Gasteiger partial charge in [-0.3, -0.25) is 0 Å². The van der Waals surface area contributed by atoms with Gasteiger partial charge in [0.15, 0.2) is 0 Å². The van der Waals surface area contributed by atoms with Crippen molar-refractivity contribution in [3.05, 3.63) is 71.5 Å². The van der Waals surface area contributed by atoms with Crippen LogP contribution < -0.4 is 5.32 Å². The van der Waals surface area contributed by atoms with E-state index in [2.05, 4.69) is 5.32 Å². The minimum absolute atomic E-state index is 0.00364. The molecule has 2 rings (SSSR count). The summed E-state index contributed by atoms with van der Waals surface area (Å²) in [7, 11) is 0. The largest absolute Gasteiger partial charge is 0.394 e. The third kappa shape index (κ3) is 3.63. The van der Waals surface area contributed by atoms with E-state index in [1.54, 1.807) is 6.07 Å². The summed E-state index contributed by atoms with van der Waals surface area (Å²) >= 11 is 0. The fourth-order valence-corrected chi connectivity index (χ4v) is 2.11. The quantitative estimate of drug-likeness (QED) is 0.864. The standard InChI is InChI=1S/C16H18FNO/c1-12(14-8-5-9-15(17)10-14)18-16(11-19)13-6-3-2-4-7-13/h2-10,12,16,18-19H,11H2,1H3. The molecule has 100 valence electrons. The zero-order chi connectivity index (χ0) is 13.7. The van der Waals surface area contributed by atoms with Crippen molar-refractivity contribution in [2.24, 2.45) is 0 Å². The fourth-order valence-electron chi connectivity index (χ4n) is 2.11. The van der Waals surface area contributed by atoms with Gasteiger partial charge in [0, 0.05) is 6.04 Å². The Bertz CT molecular complexity index is 515. The molecule has 0 amide bonds. The molecule has 0 spiro atoms. The second kappa shape index (κ2) is 6.45. The normalized spacial score (nSPS) is 14.1. The first-order valence-electron chi connectivity index (χ1n) is 6.38. The van der Waals surface area contributed by atoms with Crippen molar-refractivity contribution in [2.75, 3.05) is 6.61 Å². The van der Waals surface area contributed by atoms with Crippen LogP contribution in [-0.4, -0.2) is 11.7 Å². The van der Waals surface area contributed by atoms with E-state index in [1.165, 1.54) is 12.1 Å². The molecule has 0 saturated carbocycles. The Kier molecular flexibility index (Phi) is 4.66. The van der Waals surface area contributed by atoms with Crippen molar-refractivity contribution < 1.29 is 9.50 Å². The van der Waals surface area contributed by atoms with Crippen LogP contribution in [0.4, 0.5) is 4.39 Å². The summed E-state index contributed by atoms with van der Waals surface area (Å²) in [5.41, 5.74) is 1.89. The van der Waals surface area contributed by atoms with Gasteiger partial charge < -0.3 is 10.4 Å². The van der Waals surface area contributed by atoms with Crippen molar-refractivity contribution in [3.63, 3.8) is 0 Å². The van der Waals surface area contributed by atoms with Gasteiger partial charge in [0.25, 0.3) is 0 Å². The highest BCUT2D eigenvalue weighted by Crippen LogP contribution is 2.19. The maximum Gasteiger partial charge on any atom is 0.123 e. The van der Waals surface area contributed by atoms with Gasteiger partial charge in [0.05, 0.1) is 12.6 Å². The van der Waals surface area contributed by atoms with E-state index in [4.69, 9.17) is 0 Å². The van der Waals surface area contributed by atoms with Gasteiger partial charge in [-0.05, 0) is 30.2 Å². The molecule has 0 aliphatic rings. The van der Waals surface area contributed by atoms with Crippen LogP contribution in [-0.2, 0) is 0 Å². The summed E-state index contributed by atoms with van der Waals surface area (Å²) in [5, 5.41) is 12.8. The van der Waals surface area contributed by atoms with Gasteiger partial charge in [0.1, 0.15) is 5.82 Å². The zero-order valence-corrected chi connectivity index (χ0v) is 10.9. The second-order valence-corrected chi connectivity index (χ2v) is 4.59. The molecule has 2 aromatic rings. The van der Waals surface area contributed by atoms with E-state index < -0.39 is 0 Å². The summed E-state index contributed by atoms with van der Waals surface area (Å²) in [6.07, 6.45) is 0. The molecule has 0 bridgehead atoms. The van der Waals surface area contributed by atoms with Gasteiger partial charge in [0.2, 0.25) is 0 Å². The maximum absolute atomic E-state index is 13.2. The third-order valence-corrected chi connectivity index (χ3v) is 3.18. The average Bonchev–Trinajstić information content (AvgIpc) is 2.45. The molecule has 3 heteroatoms. The first kappa shape index (κ1) is 13.7. The topological polar surface area (TPSA) is 32.3 Å². The van der Waals surface area contributed by atoms with E-state index in [9.17, 15) is 9.50 Å². The van der Waals surface area contributed by atoms with Crippen LogP contribution in [0.3, 0.4) is 0 Å². The van der Waals surface area contributed by atoms with Crippen LogP contribution in [0.15, 0.2) is 54.6 Å². The monoisotopic (exact) mass is 259 g/mol. The third-order valence-electron chi connectivity index (χ3n) is 3.18. The Morgan fingerprint density at radius 1 is 1.05 bits per heavy atom. The zero-order valence-electron chi connectivity index (χ0n) is 10.9. The van der Waals surface area contributed by atoms with E-state index in [-0.39, 0.29) is 24.5 Å². The number of aliphatic hydroxyl groups excluding tert-OH is 1. The molecule has 19 heavy (non-hydrogen) atoms. The number of hydrogen-bond acceptors (Lipinski definition) is 2. The Labute approximate surface area is 112 Å². The first-order valence-corrected chi connectivity index (χ1v) is 6.38. The Hall–Kier alpha value is -1.71. The highest BCUT2D eigenvalue weighted by molar-refractivity contribution is 5.22. The van der Waals surface area contributed by atoms with E-state index in [0.29, 0.717) is 0 Å². The molecule has 0 aromatic heterocycles. The molecular formula is C16H18FNO. The molecule has 2 aromatic carbocycles. The lowest BCUT2D eigenvalue weighted by Crippen LogP contribution is -2.27. The van der Waals surface area contributed by atoms with Crippen molar-refractivity contribution in [1.29, 1.82) is 0 Å². The average molecular weight is 259 g/mol. The lowest BCUT2D eigenvalue weighted by molar-refractivity contribution is 0.235. The Morgan fingerprint density at radius 2 is 1.74 bits per heavy atom. The molecule has 2 atom stereocenters. The molecule has 0 radical (unpaired) electrons. The fraction of sp³-hybridized carbons (Fsp3) is 0.250. The highest BCUT2D eigenvalue weighted by Gasteiger charge is 2.14. The van der Waals surface area contributed by atoms with Gasteiger partial charge in [-0.25, -0.2) is 4.39 Å². The van der Waals surface area contributed by atoms with E-state index >= 15 is 0 Å². The molecule has 0 fully saturated rings. The Balaban J connectivity index is 2.10. The van der Waals surface area contributed by atoms with Crippen LogP contribution >= 0.6 is 0 Å². The van der Waals surface area contributed by atoms with E-state index in [1.807, 2.05) is 43.3 Å². The van der Waals surface area contributed by atoms with Gasteiger partial charge in [-0.2, -0.15) is 0 Å². The summed E-state index contributed by atoms with van der Waals surface area (Å²) in [5.74, 6) is -0.244. The first-order chi connectivity index (χ1) is 9.20. The van der Waals surface area contributed by atoms with Gasteiger partial charge >= 0.3 is 0 Å². The minimum Gasteiger partial charge on any atom is -0.394 e. The molecule has 0 saturated heterocycles. The minimum atomic E-state index is -0.244. The summed E-state index contributed by atoms with van der Waals surface area (Å²) in [4.78, 5) is 0. The lowest BCUT2D eigenvalue weighted by Gasteiger charge is -2.22. The van der Waals surface area contributed by atoms with Crippen LogP contribution in [0.25, 0.3) is 0 Å². The molecule has 0 aliphatic heterocycles. The number of benzene rings is 2. The van der Waals surface area contributed by atoms with Gasteiger partial charge in [-0.1, -0.05) is 42.5 Å². The van der Waals surface area contributed by atoms with Crippen LogP contribution in [0.1, 0.15) is 30.1 Å².